The van der Waals surface area contributed by atoms with Crippen LogP contribution in [0.1, 0.15) is 27.2 Å². The van der Waals surface area contributed by atoms with E-state index in [-0.39, 0.29) is 12.0 Å². The van der Waals surface area contributed by atoms with E-state index in [0.717, 1.165) is 14.8 Å². The smallest absolute Gasteiger partial charge is 0.335 e. The number of hydrogen-bond acceptors (Lipinski definition) is 2. The lowest BCUT2D eigenvalue weighted by atomic mass is 9.93. The summed E-state index contributed by atoms with van der Waals surface area (Å²) in [7, 11) is 0. The highest BCUT2D eigenvalue weighted by Crippen LogP contribution is 2.37. The van der Waals surface area contributed by atoms with Crippen molar-refractivity contribution in [2.75, 3.05) is 0 Å². The Kier molecular flexibility index (Phi) is 6.75. The van der Waals surface area contributed by atoms with Gasteiger partial charge in [-0.05, 0) is 54.1 Å². The van der Waals surface area contributed by atoms with Crippen molar-refractivity contribution in [3.05, 3.63) is 115 Å². The van der Waals surface area contributed by atoms with Crippen LogP contribution in [0.15, 0.2) is 77.3 Å². The van der Waals surface area contributed by atoms with E-state index >= 15 is 0 Å². The van der Waals surface area contributed by atoms with Gasteiger partial charge in [-0.1, -0.05) is 63.4 Å². The molecule has 4 rings (SSSR count). The summed E-state index contributed by atoms with van der Waals surface area (Å²) in [6.45, 7) is 1.74. The molecule has 0 saturated carbocycles. The molecule has 3 aromatic carbocycles. The topological polar surface area (TPSA) is 64.2 Å². The normalized spacial score (nSPS) is 10.9. The fourth-order valence-electron chi connectivity index (χ4n) is 3.82. The minimum atomic E-state index is -1.01. The first-order valence-electron chi connectivity index (χ1n) is 10.0. The van der Waals surface area contributed by atoms with E-state index in [0.29, 0.717) is 43.7 Å². The van der Waals surface area contributed by atoms with Crippen LogP contribution in [-0.4, -0.2) is 11.1 Å². The Hall–Kier alpha value is -2.86. The third kappa shape index (κ3) is 4.76. The maximum absolute atomic E-state index is 13.6. The van der Waals surface area contributed by atoms with E-state index in [9.17, 15) is 15.1 Å². The number of halogens is 3. The molecular weight excluding hydrogens is 525 g/mol. The highest BCUT2D eigenvalue weighted by atomic mass is 79.9. The molecule has 0 aliphatic rings. The Morgan fingerprint density at radius 1 is 0.970 bits per heavy atom. The summed E-state index contributed by atoms with van der Waals surface area (Å²) in [6.07, 6.45) is 0.287. The number of carbonyl (C=O) groups is 1. The van der Waals surface area contributed by atoms with Crippen LogP contribution in [0.3, 0.4) is 0 Å². The molecule has 0 amide bonds. The number of aromatic carboxylic acids is 1. The van der Waals surface area contributed by atoms with Gasteiger partial charge in [0.15, 0.2) is 5.69 Å². The minimum Gasteiger partial charge on any atom is -0.618 e. The zero-order chi connectivity index (χ0) is 23.7. The SMILES string of the molecule is Cc1c(Cc2ccccc2C(=O)O)cc(-c2ccc(Cl)cc2Cl)c(-c2ccc(Br)cc2)[n+]1[O-]. The van der Waals surface area contributed by atoms with Crippen molar-refractivity contribution >= 4 is 45.1 Å². The fraction of sp³-hybridized carbons (Fsp3) is 0.0769. The van der Waals surface area contributed by atoms with Crippen molar-refractivity contribution < 1.29 is 14.6 Å². The monoisotopic (exact) mass is 541 g/mol. The molecular formula is C26H18BrCl2NO3. The summed E-state index contributed by atoms with van der Waals surface area (Å²) in [5, 5.41) is 24.1. The molecule has 1 aromatic heterocycles. The maximum atomic E-state index is 13.6. The van der Waals surface area contributed by atoms with Crippen molar-refractivity contribution in [3.8, 4) is 22.4 Å². The Bertz CT molecular complexity index is 1370. The Morgan fingerprint density at radius 2 is 1.67 bits per heavy atom. The van der Waals surface area contributed by atoms with E-state index < -0.39 is 5.97 Å². The molecule has 4 aromatic rings. The van der Waals surface area contributed by atoms with Crippen LogP contribution >= 0.6 is 39.1 Å². The fourth-order valence-corrected chi connectivity index (χ4v) is 4.59. The molecule has 0 saturated heterocycles. The van der Waals surface area contributed by atoms with Gasteiger partial charge in [0, 0.05) is 39.5 Å². The summed E-state index contributed by atoms with van der Waals surface area (Å²) in [4.78, 5) is 11.7. The van der Waals surface area contributed by atoms with Crippen LogP contribution in [0.2, 0.25) is 10.0 Å². The van der Waals surface area contributed by atoms with Crippen molar-refractivity contribution in [2.24, 2.45) is 0 Å². The maximum Gasteiger partial charge on any atom is 0.335 e. The molecule has 166 valence electrons. The second kappa shape index (κ2) is 9.56. The quantitative estimate of drug-likeness (QED) is 0.212. The average Bonchev–Trinajstić information content (AvgIpc) is 2.78. The van der Waals surface area contributed by atoms with Gasteiger partial charge in [-0.3, -0.25) is 0 Å². The molecule has 4 nitrogen and oxygen atoms in total. The van der Waals surface area contributed by atoms with E-state index in [2.05, 4.69) is 15.9 Å². The molecule has 0 bridgehead atoms. The van der Waals surface area contributed by atoms with Gasteiger partial charge in [0.1, 0.15) is 0 Å². The highest BCUT2D eigenvalue weighted by molar-refractivity contribution is 9.10. The summed E-state index contributed by atoms with van der Waals surface area (Å²) in [5.41, 5.74) is 4.52. The van der Waals surface area contributed by atoms with Gasteiger partial charge in [-0.2, -0.15) is 4.73 Å². The van der Waals surface area contributed by atoms with E-state index in [4.69, 9.17) is 23.2 Å². The molecule has 0 fully saturated rings. The number of carboxylic acid groups (broad SMARTS) is 1. The molecule has 1 heterocycles. The standard InChI is InChI=1S/C26H18BrCl2NO3/c1-15-18(12-17-4-2-3-5-21(17)26(31)32)13-23(22-11-10-20(28)14-24(22)29)25(30(15)33)16-6-8-19(27)9-7-16/h2-11,13-14H,12H2,1H3,(H,31,32). The lowest BCUT2D eigenvalue weighted by molar-refractivity contribution is -0.600. The number of pyridine rings is 1. The van der Waals surface area contributed by atoms with Crippen molar-refractivity contribution in [1.82, 2.24) is 0 Å². The lowest BCUT2D eigenvalue weighted by Crippen LogP contribution is -2.35. The number of aromatic nitrogens is 1. The Balaban J connectivity index is 1.97. The highest BCUT2D eigenvalue weighted by Gasteiger charge is 2.24. The van der Waals surface area contributed by atoms with Gasteiger partial charge in [0.25, 0.3) is 0 Å². The first kappa shape index (κ1) is 23.3. The van der Waals surface area contributed by atoms with Crippen LogP contribution in [0.5, 0.6) is 0 Å². The number of hydrogen-bond donors (Lipinski definition) is 1. The van der Waals surface area contributed by atoms with Crippen LogP contribution in [0.4, 0.5) is 0 Å². The average molecular weight is 543 g/mol. The summed E-state index contributed by atoms with van der Waals surface area (Å²) < 4.78 is 1.79. The van der Waals surface area contributed by atoms with Crippen LogP contribution in [-0.2, 0) is 6.42 Å². The van der Waals surface area contributed by atoms with E-state index in [1.807, 2.05) is 30.3 Å². The predicted octanol–water partition coefficient (Wildman–Crippen LogP) is 7.32. The first-order chi connectivity index (χ1) is 15.8. The molecule has 0 aliphatic carbocycles. The van der Waals surface area contributed by atoms with Crippen LogP contribution in [0.25, 0.3) is 22.4 Å². The van der Waals surface area contributed by atoms with Gasteiger partial charge in [-0.25, -0.2) is 4.79 Å². The number of rotatable bonds is 5. The Labute approximate surface area is 209 Å². The summed E-state index contributed by atoms with van der Waals surface area (Å²) in [5.74, 6) is -1.01. The van der Waals surface area contributed by atoms with E-state index in [1.165, 1.54) is 0 Å². The zero-order valence-electron chi connectivity index (χ0n) is 17.5. The first-order valence-corrected chi connectivity index (χ1v) is 11.6. The second-order valence-corrected chi connectivity index (χ2v) is 9.34. The third-order valence-corrected chi connectivity index (χ3v) is 6.59. The van der Waals surface area contributed by atoms with Crippen molar-refractivity contribution in [3.63, 3.8) is 0 Å². The van der Waals surface area contributed by atoms with Gasteiger partial charge < -0.3 is 10.3 Å². The summed E-state index contributed by atoms with van der Waals surface area (Å²) >= 11 is 16.1. The second-order valence-electron chi connectivity index (χ2n) is 7.58. The van der Waals surface area contributed by atoms with Crippen LogP contribution in [0, 0.1) is 12.1 Å². The van der Waals surface area contributed by atoms with Gasteiger partial charge in [0.2, 0.25) is 5.69 Å². The lowest BCUT2D eigenvalue weighted by Gasteiger charge is -2.17. The molecule has 0 atom stereocenters. The predicted molar refractivity (Wildman–Crippen MR) is 135 cm³/mol. The van der Waals surface area contributed by atoms with Gasteiger partial charge in [-0.15, -0.1) is 0 Å². The molecule has 1 N–H and O–H groups in total. The molecule has 0 unspecified atom stereocenters. The third-order valence-electron chi connectivity index (χ3n) is 5.51. The number of carboxylic acids is 1. The molecule has 0 radical (unpaired) electrons. The minimum absolute atomic E-state index is 0.206. The van der Waals surface area contributed by atoms with E-state index in [1.54, 1.807) is 49.4 Å². The molecule has 0 spiro atoms. The van der Waals surface area contributed by atoms with Crippen LogP contribution < -0.4 is 4.73 Å². The van der Waals surface area contributed by atoms with Gasteiger partial charge in [0.05, 0.1) is 16.1 Å². The molecule has 33 heavy (non-hydrogen) atoms. The zero-order valence-corrected chi connectivity index (χ0v) is 20.6. The largest absolute Gasteiger partial charge is 0.618 e. The Morgan fingerprint density at radius 3 is 2.33 bits per heavy atom. The number of benzene rings is 3. The van der Waals surface area contributed by atoms with Gasteiger partial charge >= 0.3 is 5.97 Å². The van der Waals surface area contributed by atoms with Crippen molar-refractivity contribution in [1.29, 1.82) is 0 Å². The summed E-state index contributed by atoms with van der Waals surface area (Å²) in [6, 6.07) is 21.3. The molecule has 0 aliphatic heterocycles. The number of nitrogens with zero attached hydrogens (tertiary/aromatic N) is 1. The van der Waals surface area contributed by atoms with Crippen molar-refractivity contribution in [2.45, 2.75) is 13.3 Å². The molecule has 7 heteroatoms.